The second kappa shape index (κ2) is 6.78. The fraction of sp³-hybridized carbons (Fsp3) is 0.278. The van der Waals surface area contributed by atoms with Crippen molar-refractivity contribution in [2.75, 3.05) is 11.9 Å². The fourth-order valence-corrected chi connectivity index (χ4v) is 3.62. The van der Waals surface area contributed by atoms with E-state index in [0.29, 0.717) is 11.6 Å². The first-order chi connectivity index (χ1) is 11.9. The summed E-state index contributed by atoms with van der Waals surface area (Å²) in [4.78, 5) is 20.9. The number of aliphatic hydroxyl groups excluding tert-OH is 1. The Morgan fingerprint density at radius 3 is 2.64 bits per heavy atom. The number of carboxylic acids is 1. The van der Waals surface area contributed by atoms with Crippen molar-refractivity contribution in [3.05, 3.63) is 40.5 Å². The van der Waals surface area contributed by atoms with E-state index in [1.165, 1.54) is 22.5 Å². The molecule has 2 heterocycles. The minimum atomic E-state index is -1.13. The lowest BCUT2D eigenvalue weighted by atomic mass is 10.0. The fourth-order valence-electron chi connectivity index (χ4n) is 2.62. The number of rotatable bonds is 5. The normalized spacial score (nSPS) is 12.3. The van der Waals surface area contributed by atoms with Crippen LogP contribution in [0.1, 0.15) is 17.0 Å². The summed E-state index contributed by atoms with van der Waals surface area (Å²) in [5.74, 6) is -0.154. The van der Waals surface area contributed by atoms with Gasteiger partial charge in [-0.2, -0.15) is 0 Å². The second-order valence-electron chi connectivity index (χ2n) is 5.97. The number of aromatic nitrogens is 2. The Labute approximate surface area is 149 Å². The van der Waals surface area contributed by atoms with Gasteiger partial charge in [-0.25, -0.2) is 14.8 Å². The van der Waals surface area contributed by atoms with Crippen molar-refractivity contribution >= 4 is 33.3 Å². The molecule has 0 aliphatic rings. The highest BCUT2D eigenvalue weighted by Crippen LogP contribution is 2.37. The summed E-state index contributed by atoms with van der Waals surface area (Å²) in [7, 11) is 0. The monoisotopic (exact) mass is 357 g/mol. The van der Waals surface area contributed by atoms with Crippen LogP contribution < -0.4 is 5.32 Å². The smallest absolute Gasteiger partial charge is 0.328 e. The molecule has 3 N–H and O–H groups in total. The molecular formula is C18H19N3O3S. The number of aliphatic carboxylic acids is 1. The van der Waals surface area contributed by atoms with Crippen molar-refractivity contribution in [3.63, 3.8) is 0 Å². The van der Waals surface area contributed by atoms with Crippen molar-refractivity contribution in [3.8, 4) is 11.1 Å². The van der Waals surface area contributed by atoms with Crippen molar-refractivity contribution in [1.82, 2.24) is 9.97 Å². The number of nitrogens with zero attached hydrogens (tertiary/aromatic N) is 2. The first kappa shape index (κ1) is 17.3. The number of fused-ring (bicyclic) bond motifs is 1. The predicted octanol–water partition coefficient (Wildman–Crippen LogP) is 3.14. The van der Waals surface area contributed by atoms with Crippen LogP contribution in [0.5, 0.6) is 0 Å². The predicted molar refractivity (Wildman–Crippen MR) is 99.2 cm³/mol. The molecule has 6 nitrogen and oxygen atoms in total. The van der Waals surface area contributed by atoms with Crippen LogP contribution in [0.4, 0.5) is 5.82 Å². The van der Waals surface area contributed by atoms with Gasteiger partial charge in [0.25, 0.3) is 0 Å². The summed E-state index contributed by atoms with van der Waals surface area (Å²) in [6, 6.07) is 5.07. The standard InChI is InChI=1S/C18H19N3O3S/c1-9-4-5-12(6-10(9)2)13-8-25-17-15(13)16(19-11(3)20-17)21-14(7-22)18(23)24/h4-6,8,14,22H,7H2,1-3H3,(H,23,24)(H,19,20,21). The molecule has 1 unspecified atom stereocenters. The molecule has 0 saturated heterocycles. The van der Waals surface area contributed by atoms with Crippen LogP contribution in [-0.2, 0) is 4.79 Å². The van der Waals surface area contributed by atoms with Crippen LogP contribution in [0, 0.1) is 20.8 Å². The van der Waals surface area contributed by atoms with Crippen LogP contribution in [0.2, 0.25) is 0 Å². The van der Waals surface area contributed by atoms with Gasteiger partial charge < -0.3 is 15.5 Å². The average molecular weight is 357 g/mol. The van der Waals surface area contributed by atoms with Gasteiger partial charge in [0, 0.05) is 10.9 Å². The Bertz CT molecular complexity index is 952. The largest absolute Gasteiger partial charge is 0.480 e. The number of nitrogens with one attached hydrogen (secondary N) is 1. The molecule has 0 saturated carbocycles. The van der Waals surface area contributed by atoms with Gasteiger partial charge in [-0.1, -0.05) is 18.2 Å². The van der Waals surface area contributed by atoms with Crippen molar-refractivity contribution < 1.29 is 15.0 Å². The van der Waals surface area contributed by atoms with E-state index in [0.717, 1.165) is 21.3 Å². The summed E-state index contributed by atoms with van der Waals surface area (Å²) in [5.41, 5.74) is 4.37. The summed E-state index contributed by atoms with van der Waals surface area (Å²) in [6.07, 6.45) is 0. The zero-order valence-electron chi connectivity index (χ0n) is 14.2. The Hall–Kier alpha value is -2.51. The lowest BCUT2D eigenvalue weighted by molar-refractivity contribution is -0.138. The van der Waals surface area contributed by atoms with E-state index >= 15 is 0 Å². The quantitative estimate of drug-likeness (QED) is 0.649. The van der Waals surface area contributed by atoms with E-state index in [-0.39, 0.29) is 0 Å². The molecular weight excluding hydrogens is 338 g/mol. The van der Waals surface area contributed by atoms with Gasteiger partial charge in [0.2, 0.25) is 0 Å². The van der Waals surface area contributed by atoms with E-state index in [9.17, 15) is 15.0 Å². The van der Waals surface area contributed by atoms with Crippen LogP contribution >= 0.6 is 11.3 Å². The van der Waals surface area contributed by atoms with Crippen LogP contribution in [0.25, 0.3) is 21.3 Å². The van der Waals surface area contributed by atoms with Gasteiger partial charge in [-0.05, 0) is 37.5 Å². The summed E-state index contributed by atoms with van der Waals surface area (Å²) in [5, 5.41) is 24.2. The number of aryl methyl sites for hydroxylation is 3. The molecule has 0 spiro atoms. The zero-order chi connectivity index (χ0) is 18.1. The van der Waals surface area contributed by atoms with Crippen LogP contribution in [-0.4, -0.2) is 38.8 Å². The van der Waals surface area contributed by atoms with Crippen LogP contribution in [0.15, 0.2) is 23.6 Å². The lowest BCUT2D eigenvalue weighted by Crippen LogP contribution is -2.33. The van der Waals surface area contributed by atoms with Gasteiger partial charge in [-0.3, -0.25) is 0 Å². The van der Waals surface area contributed by atoms with Crippen molar-refractivity contribution in [1.29, 1.82) is 0 Å². The number of carbonyl (C=O) groups is 1. The van der Waals surface area contributed by atoms with Crippen molar-refractivity contribution in [2.24, 2.45) is 0 Å². The zero-order valence-corrected chi connectivity index (χ0v) is 15.0. The highest BCUT2D eigenvalue weighted by molar-refractivity contribution is 7.17. The highest BCUT2D eigenvalue weighted by Gasteiger charge is 2.21. The maximum atomic E-state index is 11.3. The highest BCUT2D eigenvalue weighted by atomic mass is 32.1. The Kier molecular flexibility index (Phi) is 4.69. The van der Waals surface area contributed by atoms with Gasteiger partial charge in [0.15, 0.2) is 0 Å². The van der Waals surface area contributed by atoms with Crippen molar-refractivity contribution in [2.45, 2.75) is 26.8 Å². The first-order valence-corrected chi connectivity index (χ1v) is 8.72. The van der Waals surface area contributed by atoms with Crippen LogP contribution in [0.3, 0.4) is 0 Å². The average Bonchev–Trinajstić information content (AvgIpc) is 2.98. The molecule has 130 valence electrons. The van der Waals surface area contributed by atoms with Gasteiger partial charge in [-0.15, -0.1) is 11.3 Å². The third-order valence-electron chi connectivity index (χ3n) is 4.15. The second-order valence-corrected chi connectivity index (χ2v) is 6.82. The number of benzene rings is 1. The molecule has 0 fully saturated rings. The Balaban J connectivity index is 2.18. The molecule has 1 atom stereocenters. The summed E-state index contributed by atoms with van der Waals surface area (Å²) < 4.78 is 0. The number of hydrogen-bond acceptors (Lipinski definition) is 6. The first-order valence-electron chi connectivity index (χ1n) is 7.84. The summed E-state index contributed by atoms with van der Waals surface area (Å²) >= 11 is 1.49. The SMILES string of the molecule is Cc1nc(NC(CO)C(=O)O)c2c(-c3ccc(C)c(C)c3)csc2n1. The van der Waals surface area contributed by atoms with Gasteiger partial charge >= 0.3 is 5.97 Å². The third-order valence-corrected chi connectivity index (χ3v) is 5.03. The molecule has 2 aromatic heterocycles. The van der Waals surface area contributed by atoms with E-state index in [1.54, 1.807) is 6.92 Å². The molecule has 7 heteroatoms. The topological polar surface area (TPSA) is 95.3 Å². The Morgan fingerprint density at radius 1 is 1.24 bits per heavy atom. The molecule has 1 aromatic carbocycles. The maximum Gasteiger partial charge on any atom is 0.328 e. The van der Waals surface area contributed by atoms with Gasteiger partial charge in [0.05, 0.1) is 12.0 Å². The van der Waals surface area contributed by atoms with E-state index < -0.39 is 18.6 Å². The molecule has 3 aromatic rings. The minimum Gasteiger partial charge on any atom is -0.480 e. The lowest BCUT2D eigenvalue weighted by Gasteiger charge is -2.14. The molecule has 3 rings (SSSR count). The van der Waals surface area contributed by atoms with E-state index in [4.69, 9.17) is 0 Å². The minimum absolute atomic E-state index is 0.429. The molecule has 0 bridgehead atoms. The third kappa shape index (κ3) is 3.33. The number of anilines is 1. The molecule has 0 aliphatic heterocycles. The number of hydrogen-bond donors (Lipinski definition) is 3. The van der Waals surface area contributed by atoms with Gasteiger partial charge in [0.1, 0.15) is 22.5 Å². The number of aliphatic hydroxyl groups is 1. The molecule has 0 amide bonds. The molecule has 0 aliphatic carbocycles. The van der Waals surface area contributed by atoms with E-state index in [2.05, 4.69) is 41.3 Å². The maximum absolute atomic E-state index is 11.3. The number of thiophene rings is 1. The number of carboxylic acid groups (broad SMARTS) is 1. The molecule has 25 heavy (non-hydrogen) atoms. The van der Waals surface area contributed by atoms with E-state index in [1.807, 2.05) is 11.4 Å². The molecule has 0 radical (unpaired) electrons. The Morgan fingerprint density at radius 2 is 2.00 bits per heavy atom. The summed E-state index contributed by atoms with van der Waals surface area (Å²) in [6.45, 7) is 5.35.